The lowest BCUT2D eigenvalue weighted by atomic mass is 9.88. The molecule has 2 aliphatic heterocycles. The monoisotopic (exact) mass is 305 g/mol. The van der Waals surface area contributed by atoms with Crippen LogP contribution in [0.2, 0.25) is 0 Å². The third-order valence-corrected chi connectivity index (χ3v) is 5.86. The van der Waals surface area contributed by atoms with Crippen LogP contribution in [-0.4, -0.2) is 67.4 Å². The molecule has 9 heteroatoms. The number of nitrogens with one attached hydrogen (secondary N) is 1. The Balaban J connectivity index is 2.20. The Bertz CT molecular complexity index is 464. The van der Waals surface area contributed by atoms with E-state index in [9.17, 15) is 8.42 Å². The standard InChI is InChI=1S/C11H23N5O3S/c1-15-8-4-11(5-9-15,10(12)13-17)14-20(18,19)16-6-2-3-7-16/h14,17H,2-9H2,1H3,(H2,12,13). The first-order valence-electron chi connectivity index (χ1n) is 6.85. The summed E-state index contributed by atoms with van der Waals surface area (Å²) in [6.07, 6.45) is 2.74. The van der Waals surface area contributed by atoms with Gasteiger partial charge in [0.2, 0.25) is 0 Å². The van der Waals surface area contributed by atoms with Gasteiger partial charge in [-0.05, 0) is 32.7 Å². The first-order chi connectivity index (χ1) is 9.39. The molecular formula is C11H23N5O3S. The lowest BCUT2D eigenvalue weighted by Crippen LogP contribution is -2.63. The molecule has 0 aromatic carbocycles. The van der Waals surface area contributed by atoms with Crippen LogP contribution >= 0.6 is 0 Å². The number of nitrogens with zero attached hydrogens (tertiary/aromatic N) is 3. The maximum atomic E-state index is 12.4. The Morgan fingerprint density at radius 1 is 1.25 bits per heavy atom. The predicted octanol–water partition coefficient (Wildman–Crippen LogP) is -0.873. The molecule has 0 aliphatic carbocycles. The number of nitrogens with two attached hydrogens (primary N) is 1. The number of hydrogen-bond acceptors (Lipinski definition) is 5. The molecule has 0 bridgehead atoms. The maximum Gasteiger partial charge on any atom is 0.280 e. The minimum atomic E-state index is -3.60. The smallest absolute Gasteiger partial charge is 0.280 e. The molecule has 2 rings (SSSR count). The number of amidine groups is 1. The van der Waals surface area contributed by atoms with Crippen molar-refractivity contribution in [1.29, 1.82) is 0 Å². The van der Waals surface area contributed by atoms with Crippen molar-refractivity contribution in [2.75, 3.05) is 33.2 Å². The van der Waals surface area contributed by atoms with Gasteiger partial charge in [0.05, 0.1) is 5.54 Å². The molecule has 2 aliphatic rings. The largest absolute Gasteiger partial charge is 0.409 e. The van der Waals surface area contributed by atoms with E-state index < -0.39 is 15.7 Å². The Labute approximate surface area is 119 Å². The molecule has 20 heavy (non-hydrogen) atoms. The fourth-order valence-electron chi connectivity index (χ4n) is 2.75. The van der Waals surface area contributed by atoms with E-state index >= 15 is 0 Å². The summed E-state index contributed by atoms with van der Waals surface area (Å²) >= 11 is 0. The van der Waals surface area contributed by atoms with Gasteiger partial charge in [0.25, 0.3) is 10.2 Å². The van der Waals surface area contributed by atoms with E-state index in [-0.39, 0.29) is 5.84 Å². The second-order valence-electron chi connectivity index (χ2n) is 5.58. The van der Waals surface area contributed by atoms with Gasteiger partial charge in [-0.1, -0.05) is 5.16 Å². The molecular weight excluding hydrogens is 282 g/mol. The molecule has 8 nitrogen and oxygen atoms in total. The normalized spacial score (nSPS) is 25.9. The fraction of sp³-hybridized carbons (Fsp3) is 0.909. The van der Waals surface area contributed by atoms with Crippen LogP contribution in [0.25, 0.3) is 0 Å². The van der Waals surface area contributed by atoms with E-state index in [0.717, 1.165) is 12.8 Å². The minimum absolute atomic E-state index is 0.0617. The van der Waals surface area contributed by atoms with Crippen molar-refractivity contribution >= 4 is 16.0 Å². The highest BCUT2D eigenvalue weighted by atomic mass is 32.2. The van der Waals surface area contributed by atoms with Crippen LogP contribution in [0, 0.1) is 0 Å². The van der Waals surface area contributed by atoms with Gasteiger partial charge in [0, 0.05) is 26.2 Å². The first kappa shape index (κ1) is 15.5. The van der Waals surface area contributed by atoms with Gasteiger partial charge < -0.3 is 15.8 Å². The third-order valence-electron chi connectivity index (χ3n) is 4.17. The predicted molar refractivity (Wildman–Crippen MR) is 75.7 cm³/mol. The van der Waals surface area contributed by atoms with E-state index in [0.29, 0.717) is 39.0 Å². The van der Waals surface area contributed by atoms with Crippen LogP contribution < -0.4 is 10.5 Å². The van der Waals surface area contributed by atoms with Crippen molar-refractivity contribution in [2.24, 2.45) is 10.9 Å². The number of hydrogen-bond donors (Lipinski definition) is 3. The molecule has 116 valence electrons. The van der Waals surface area contributed by atoms with E-state index in [1.807, 2.05) is 7.05 Å². The lowest BCUT2D eigenvalue weighted by Gasteiger charge is -2.40. The molecule has 2 saturated heterocycles. The van der Waals surface area contributed by atoms with Crippen molar-refractivity contribution in [1.82, 2.24) is 13.9 Å². The number of likely N-dealkylation sites (tertiary alicyclic amines) is 1. The highest BCUT2D eigenvalue weighted by Gasteiger charge is 2.43. The van der Waals surface area contributed by atoms with Gasteiger partial charge in [-0.15, -0.1) is 0 Å². The van der Waals surface area contributed by atoms with Gasteiger partial charge >= 0.3 is 0 Å². The minimum Gasteiger partial charge on any atom is -0.409 e. The SMILES string of the molecule is CN1CCC(NS(=O)(=O)N2CCCC2)(/C(N)=N/O)CC1. The van der Waals surface area contributed by atoms with E-state index in [4.69, 9.17) is 10.9 Å². The molecule has 2 fully saturated rings. The molecule has 0 unspecified atom stereocenters. The summed E-state index contributed by atoms with van der Waals surface area (Å²) < 4.78 is 28.9. The summed E-state index contributed by atoms with van der Waals surface area (Å²) in [6, 6.07) is 0. The average molecular weight is 305 g/mol. The van der Waals surface area contributed by atoms with Crippen molar-refractivity contribution in [3.05, 3.63) is 0 Å². The van der Waals surface area contributed by atoms with E-state index in [1.54, 1.807) is 0 Å². The molecule has 4 N–H and O–H groups in total. The summed E-state index contributed by atoms with van der Waals surface area (Å²) in [5.41, 5.74) is 4.79. The van der Waals surface area contributed by atoms with Crippen molar-refractivity contribution in [3.8, 4) is 0 Å². The Morgan fingerprint density at radius 3 is 2.30 bits per heavy atom. The molecule has 0 radical (unpaired) electrons. The second kappa shape index (κ2) is 5.84. The Hall–Kier alpha value is -0.900. The van der Waals surface area contributed by atoms with Crippen LogP contribution in [0.15, 0.2) is 5.16 Å². The molecule has 2 heterocycles. The first-order valence-corrected chi connectivity index (χ1v) is 8.29. The van der Waals surface area contributed by atoms with E-state index in [2.05, 4.69) is 14.8 Å². The lowest BCUT2D eigenvalue weighted by molar-refractivity contribution is 0.211. The fourth-order valence-corrected chi connectivity index (χ4v) is 4.42. The van der Waals surface area contributed by atoms with Crippen molar-refractivity contribution in [3.63, 3.8) is 0 Å². The average Bonchev–Trinajstić information content (AvgIpc) is 2.95. The zero-order chi connectivity index (χ0) is 14.8. The van der Waals surface area contributed by atoms with Gasteiger partial charge in [-0.25, -0.2) is 0 Å². The molecule has 0 amide bonds. The quantitative estimate of drug-likeness (QED) is 0.270. The zero-order valence-corrected chi connectivity index (χ0v) is 12.6. The summed E-state index contributed by atoms with van der Waals surface area (Å²) in [4.78, 5) is 2.09. The van der Waals surface area contributed by atoms with Crippen LogP contribution in [0.1, 0.15) is 25.7 Å². The van der Waals surface area contributed by atoms with Crippen LogP contribution in [-0.2, 0) is 10.2 Å². The number of rotatable bonds is 4. The topological polar surface area (TPSA) is 111 Å². The van der Waals surface area contributed by atoms with Crippen molar-refractivity contribution in [2.45, 2.75) is 31.2 Å². The zero-order valence-electron chi connectivity index (χ0n) is 11.7. The third kappa shape index (κ3) is 3.05. The molecule has 0 spiro atoms. The van der Waals surface area contributed by atoms with Crippen LogP contribution in [0.4, 0.5) is 0 Å². The number of oxime groups is 1. The number of piperidine rings is 1. The summed E-state index contributed by atoms with van der Waals surface area (Å²) in [6.45, 7) is 2.44. The maximum absolute atomic E-state index is 12.4. The summed E-state index contributed by atoms with van der Waals surface area (Å²) in [7, 11) is -1.63. The highest BCUT2D eigenvalue weighted by molar-refractivity contribution is 7.87. The Morgan fingerprint density at radius 2 is 1.80 bits per heavy atom. The van der Waals surface area contributed by atoms with Crippen LogP contribution in [0.5, 0.6) is 0 Å². The molecule has 0 atom stereocenters. The van der Waals surface area contributed by atoms with Gasteiger partial charge in [-0.3, -0.25) is 0 Å². The summed E-state index contributed by atoms with van der Waals surface area (Å²) in [5.74, 6) is -0.0617. The highest BCUT2D eigenvalue weighted by Crippen LogP contribution is 2.24. The summed E-state index contributed by atoms with van der Waals surface area (Å²) in [5, 5.41) is 12.0. The van der Waals surface area contributed by atoms with Crippen molar-refractivity contribution < 1.29 is 13.6 Å². The van der Waals surface area contributed by atoms with Crippen LogP contribution in [0.3, 0.4) is 0 Å². The van der Waals surface area contributed by atoms with Gasteiger partial charge in [-0.2, -0.15) is 17.4 Å². The molecule has 0 saturated carbocycles. The second-order valence-corrected chi connectivity index (χ2v) is 7.25. The Kier molecular flexibility index (Phi) is 4.52. The van der Waals surface area contributed by atoms with Gasteiger partial charge in [0.1, 0.15) is 0 Å². The van der Waals surface area contributed by atoms with E-state index in [1.165, 1.54) is 4.31 Å². The molecule has 0 aromatic rings. The van der Waals surface area contributed by atoms with Gasteiger partial charge in [0.15, 0.2) is 5.84 Å². The molecule has 0 aromatic heterocycles.